The fourth-order valence-corrected chi connectivity index (χ4v) is 3.83. The molecule has 4 N–H and O–H groups in total. The number of aliphatic hydroxyl groups is 1. The summed E-state index contributed by atoms with van der Waals surface area (Å²) in [5.74, 6) is -0.228. The van der Waals surface area contributed by atoms with Gasteiger partial charge in [-0.3, -0.25) is 4.79 Å². The summed E-state index contributed by atoms with van der Waals surface area (Å²) in [6.45, 7) is 0. The Morgan fingerprint density at radius 3 is 2.09 bits per heavy atom. The number of benzene rings is 2. The summed E-state index contributed by atoms with van der Waals surface area (Å²) in [6, 6.07) is 15.9. The molecule has 4 nitrogen and oxygen atoms in total. The van der Waals surface area contributed by atoms with Gasteiger partial charge in [-0.1, -0.05) is 48.5 Å². The quantitative estimate of drug-likeness (QED) is 0.794. The highest BCUT2D eigenvalue weighted by atomic mass is 16.3. The molecule has 3 atom stereocenters. The lowest BCUT2D eigenvalue weighted by Gasteiger charge is -2.18. The van der Waals surface area contributed by atoms with Crippen LogP contribution in [0.2, 0.25) is 0 Å². The van der Waals surface area contributed by atoms with Crippen LogP contribution in [0.4, 0.5) is 0 Å². The van der Waals surface area contributed by atoms with Crippen LogP contribution in [0.3, 0.4) is 0 Å². The van der Waals surface area contributed by atoms with Crippen LogP contribution in [0, 0.1) is 5.92 Å². The first-order chi connectivity index (χ1) is 11.1. The molecule has 2 aromatic rings. The molecule has 4 heteroatoms. The lowest BCUT2D eigenvalue weighted by atomic mass is 10.0. The first-order valence-corrected chi connectivity index (χ1v) is 8.07. The van der Waals surface area contributed by atoms with Gasteiger partial charge in [0.2, 0.25) is 5.91 Å². The van der Waals surface area contributed by atoms with Crippen molar-refractivity contribution < 1.29 is 9.90 Å². The van der Waals surface area contributed by atoms with Gasteiger partial charge in [0.15, 0.2) is 0 Å². The van der Waals surface area contributed by atoms with Crippen LogP contribution < -0.4 is 11.1 Å². The molecule has 0 unspecified atom stereocenters. The number of hydrogen-bond donors (Lipinski definition) is 3. The molecule has 0 aliphatic heterocycles. The predicted octanol–water partition coefficient (Wildman–Crippen LogP) is 1.97. The summed E-state index contributed by atoms with van der Waals surface area (Å²) in [6.07, 6.45) is 0.417. The molecule has 0 heterocycles. The Morgan fingerprint density at radius 1 is 1.00 bits per heavy atom. The monoisotopic (exact) mass is 308 g/mol. The molecule has 2 aromatic carbocycles. The van der Waals surface area contributed by atoms with Crippen LogP contribution in [0.25, 0.3) is 11.1 Å². The second kappa shape index (κ2) is 5.48. The average Bonchev–Trinajstić information content (AvgIpc) is 3.07. The van der Waals surface area contributed by atoms with E-state index in [0.717, 1.165) is 11.1 Å². The van der Waals surface area contributed by atoms with E-state index >= 15 is 0 Å². The molecule has 0 radical (unpaired) electrons. The maximum absolute atomic E-state index is 12.6. The van der Waals surface area contributed by atoms with E-state index in [0.29, 0.717) is 12.8 Å². The summed E-state index contributed by atoms with van der Waals surface area (Å²) in [5, 5.41) is 13.0. The maximum Gasteiger partial charge on any atom is 0.224 e. The summed E-state index contributed by atoms with van der Waals surface area (Å²) in [4.78, 5) is 12.6. The van der Waals surface area contributed by atoms with E-state index in [1.807, 2.05) is 24.3 Å². The molecular formula is C19H20N2O2. The topological polar surface area (TPSA) is 75.4 Å². The van der Waals surface area contributed by atoms with E-state index in [-0.39, 0.29) is 23.9 Å². The van der Waals surface area contributed by atoms with E-state index in [1.165, 1.54) is 11.1 Å². The molecule has 2 aliphatic rings. The third-order valence-electron chi connectivity index (χ3n) is 5.07. The molecule has 0 spiro atoms. The number of carbonyl (C=O) groups is 1. The van der Waals surface area contributed by atoms with Crippen molar-refractivity contribution in [2.24, 2.45) is 11.7 Å². The fourth-order valence-electron chi connectivity index (χ4n) is 3.83. The van der Waals surface area contributed by atoms with E-state index in [2.05, 4.69) is 29.6 Å². The van der Waals surface area contributed by atoms with E-state index in [9.17, 15) is 9.90 Å². The second-order valence-corrected chi connectivity index (χ2v) is 6.52. The van der Waals surface area contributed by atoms with Crippen molar-refractivity contribution in [3.05, 3.63) is 59.7 Å². The first-order valence-electron chi connectivity index (χ1n) is 8.07. The Morgan fingerprint density at radius 2 is 1.57 bits per heavy atom. The molecule has 4 rings (SSSR count). The van der Waals surface area contributed by atoms with Gasteiger partial charge in [-0.2, -0.15) is 0 Å². The molecule has 0 saturated heterocycles. The number of hydrogen-bond acceptors (Lipinski definition) is 3. The van der Waals surface area contributed by atoms with Gasteiger partial charge < -0.3 is 16.2 Å². The largest absolute Gasteiger partial charge is 0.391 e. The van der Waals surface area contributed by atoms with Crippen LogP contribution in [0.15, 0.2) is 48.5 Å². The van der Waals surface area contributed by atoms with Gasteiger partial charge in [-0.15, -0.1) is 0 Å². The number of fused-ring (bicyclic) bond motifs is 3. The van der Waals surface area contributed by atoms with Gasteiger partial charge in [-0.05, 0) is 35.1 Å². The normalized spacial score (nSPS) is 25.9. The van der Waals surface area contributed by atoms with Crippen molar-refractivity contribution in [3.8, 4) is 11.1 Å². The molecule has 2 aliphatic carbocycles. The summed E-state index contributed by atoms with van der Waals surface area (Å²) in [7, 11) is 0. The van der Waals surface area contributed by atoms with Crippen molar-refractivity contribution in [2.45, 2.75) is 31.0 Å². The highest BCUT2D eigenvalue weighted by molar-refractivity contribution is 5.84. The van der Waals surface area contributed by atoms with Crippen LogP contribution >= 0.6 is 0 Å². The number of carbonyl (C=O) groups excluding carboxylic acids is 1. The number of nitrogens with one attached hydrogen (secondary N) is 1. The van der Waals surface area contributed by atoms with Gasteiger partial charge in [0.25, 0.3) is 0 Å². The smallest absolute Gasteiger partial charge is 0.224 e. The number of nitrogens with two attached hydrogens (primary N) is 1. The lowest BCUT2D eigenvalue weighted by molar-refractivity contribution is -0.125. The van der Waals surface area contributed by atoms with Gasteiger partial charge >= 0.3 is 0 Å². The minimum Gasteiger partial charge on any atom is -0.391 e. The summed E-state index contributed by atoms with van der Waals surface area (Å²) < 4.78 is 0. The van der Waals surface area contributed by atoms with Crippen molar-refractivity contribution in [2.75, 3.05) is 0 Å². The van der Waals surface area contributed by atoms with Gasteiger partial charge in [0, 0.05) is 12.0 Å². The zero-order valence-electron chi connectivity index (χ0n) is 12.8. The van der Waals surface area contributed by atoms with Crippen LogP contribution in [0.5, 0.6) is 0 Å². The molecule has 23 heavy (non-hydrogen) atoms. The Labute approximate surface area is 135 Å². The Bertz CT molecular complexity index is 703. The van der Waals surface area contributed by atoms with Gasteiger partial charge in [-0.25, -0.2) is 0 Å². The Balaban J connectivity index is 1.63. The first kappa shape index (κ1) is 14.4. The highest BCUT2D eigenvalue weighted by Gasteiger charge is 2.37. The Hall–Kier alpha value is -2.17. The molecule has 118 valence electrons. The highest BCUT2D eigenvalue weighted by Crippen LogP contribution is 2.43. The maximum atomic E-state index is 12.6. The van der Waals surface area contributed by atoms with Crippen LogP contribution in [-0.4, -0.2) is 23.2 Å². The molecule has 0 bridgehead atoms. The van der Waals surface area contributed by atoms with Crippen molar-refractivity contribution in [1.29, 1.82) is 0 Å². The lowest BCUT2D eigenvalue weighted by Crippen LogP contribution is -2.33. The molecular weight excluding hydrogens is 288 g/mol. The minimum absolute atomic E-state index is 0.0199. The summed E-state index contributed by atoms with van der Waals surface area (Å²) >= 11 is 0. The molecule has 1 saturated carbocycles. The Kier molecular flexibility index (Phi) is 3.43. The van der Waals surface area contributed by atoms with Gasteiger partial charge in [0.05, 0.1) is 12.1 Å². The van der Waals surface area contributed by atoms with Crippen LogP contribution in [-0.2, 0) is 4.79 Å². The van der Waals surface area contributed by atoms with E-state index < -0.39 is 6.10 Å². The van der Waals surface area contributed by atoms with E-state index in [4.69, 9.17) is 5.73 Å². The number of aliphatic hydroxyl groups excluding tert-OH is 1. The number of rotatable bonds is 2. The van der Waals surface area contributed by atoms with Crippen molar-refractivity contribution in [3.63, 3.8) is 0 Å². The fraction of sp³-hybridized carbons (Fsp3) is 0.316. The third-order valence-corrected chi connectivity index (χ3v) is 5.07. The zero-order chi connectivity index (χ0) is 16.0. The second-order valence-electron chi connectivity index (χ2n) is 6.52. The van der Waals surface area contributed by atoms with Gasteiger partial charge in [0.1, 0.15) is 0 Å². The average molecular weight is 308 g/mol. The molecule has 1 fully saturated rings. The molecule has 0 aromatic heterocycles. The minimum atomic E-state index is -0.575. The predicted molar refractivity (Wildman–Crippen MR) is 88.6 cm³/mol. The third kappa shape index (κ3) is 2.35. The van der Waals surface area contributed by atoms with E-state index in [1.54, 1.807) is 0 Å². The number of amides is 1. The standard InChI is InChI=1S/C19H20N2O2/c20-16-9-11(10-17(16)22)19(23)21-18-14-7-3-1-5-12(14)13-6-2-4-8-15(13)18/h1-8,11,16-18,22H,9-10,20H2,(H,21,23)/t11-,16-,17-/m0/s1. The van der Waals surface area contributed by atoms with Crippen molar-refractivity contribution >= 4 is 5.91 Å². The van der Waals surface area contributed by atoms with Crippen molar-refractivity contribution in [1.82, 2.24) is 5.32 Å². The molecule has 1 amide bonds. The zero-order valence-corrected chi connectivity index (χ0v) is 12.8. The SMILES string of the molecule is N[C@H]1C[C@H](C(=O)NC2c3ccccc3-c3ccccc32)C[C@@H]1O. The summed E-state index contributed by atoms with van der Waals surface area (Å²) in [5.41, 5.74) is 10.5. The van der Waals surface area contributed by atoms with Crippen LogP contribution in [0.1, 0.15) is 30.0 Å².